The summed E-state index contributed by atoms with van der Waals surface area (Å²) in [5.74, 6) is 1.59. The number of hydrogen-bond donors (Lipinski definition) is 2. The normalized spacial score (nSPS) is 10.7. The number of nitrogens with one attached hydrogen (secondary N) is 1. The molecule has 0 saturated heterocycles. The summed E-state index contributed by atoms with van der Waals surface area (Å²) in [6, 6.07) is 22.1. The number of aryl methyl sites for hydroxylation is 1. The molecule has 8 heteroatoms. The number of benzene rings is 3. The first-order chi connectivity index (χ1) is 16.1. The van der Waals surface area contributed by atoms with E-state index in [2.05, 4.69) is 22.4 Å². The van der Waals surface area contributed by atoms with E-state index in [0.29, 0.717) is 11.0 Å². The van der Waals surface area contributed by atoms with Crippen LogP contribution in [-0.2, 0) is 11.2 Å². The molecule has 0 unspecified atom stereocenters. The lowest BCUT2D eigenvalue weighted by Crippen LogP contribution is -2.15. The Morgan fingerprint density at radius 3 is 2.45 bits per heavy atom. The van der Waals surface area contributed by atoms with Crippen LogP contribution in [0.2, 0.25) is 0 Å². The lowest BCUT2D eigenvalue weighted by molar-refractivity contribution is -0.113. The van der Waals surface area contributed by atoms with Crippen molar-refractivity contribution in [2.45, 2.75) is 18.5 Å². The molecule has 0 aliphatic rings. The first-order valence-electron chi connectivity index (χ1n) is 10.5. The molecule has 33 heavy (non-hydrogen) atoms. The first-order valence-corrected chi connectivity index (χ1v) is 11.5. The first kappa shape index (κ1) is 22.4. The molecular weight excluding hydrogens is 436 g/mol. The molecule has 1 aromatic heterocycles. The van der Waals surface area contributed by atoms with Crippen LogP contribution in [0.15, 0.2) is 78.0 Å². The van der Waals surface area contributed by atoms with Gasteiger partial charge in [0, 0.05) is 16.9 Å². The molecule has 4 aromatic rings. The number of ether oxygens (including phenoxy) is 1. The predicted molar refractivity (Wildman–Crippen MR) is 130 cm³/mol. The number of anilines is 1. The fourth-order valence-corrected chi connectivity index (χ4v) is 4.14. The van der Waals surface area contributed by atoms with Gasteiger partial charge in [-0.25, -0.2) is 0 Å². The second-order valence-electron chi connectivity index (χ2n) is 7.23. The van der Waals surface area contributed by atoms with Crippen LogP contribution >= 0.6 is 11.8 Å². The van der Waals surface area contributed by atoms with Crippen molar-refractivity contribution >= 4 is 23.4 Å². The van der Waals surface area contributed by atoms with Crippen molar-refractivity contribution in [2.24, 2.45) is 0 Å². The molecule has 0 atom stereocenters. The van der Waals surface area contributed by atoms with Crippen LogP contribution in [0.25, 0.3) is 17.1 Å². The standard InChI is InChI=1S/C25H24N4O3S/c1-3-17-6-4-5-7-22(17)26-23(31)16-33-25-28-27-24(18-8-12-20(30)13-9-18)29(25)19-10-14-21(32-2)15-11-19/h4-15,30H,3,16H2,1-2H3,(H,26,31). The Morgan fingerprint density at radius 2 is 1.76 bits per heavy atom. The molecule has 2 N–H and O–H groups in total. The zero-order valence-corrected chi connectivity index (χ0v) is 19.2. The van der Waals surface area contributed by atoms with E-state index < -0.39 is 0 Å². The van der Waals surface area contributed by atoms with E-state index >= 15 is 0 Å². The number of amides is 1. The van der Waals surface area contributed by atoms with Gasteiger partial charge in [-0.1, -0.05) is 36.9 Å². The van der Waals surface area contributed by atoms with Gasteiger partial charge in [-0.3, -0.25) is 9.36 Å². The number of hydrogen-bond acceptors (Lipinski definition) is 6. The molecule has 1 heterocycles. The topological polar surface area (TPSA) is 89.3 Å². The third kappa shape index (κ3) is 5.18. The highest BCUT2D eigenvalue weighted by Crippen LogP contribution is 2.30. The van der Waals surface area contributed by atoms with Crippen molar-refractivity contribution in [1.29, 1.82) is 0 Å². The molecule has 3 aromatic carbocycles. The highest BCUT2D eigenvalue weighted by molar-refractivity contribution is 7.99. The van der Waals surface area contributed by atoms with E-state index in [0.717, 1.165) is 34.7 Å². The van der Waals surface area contributed by atoms with Gasteiger partial charge in [-0.2, -0.15) is 0 Å². The molecule has 0 aliphatic carbocycles. The maximum absolute atomic E-state index is 12.7. The minimum Gasteiger partial charge on any atom is -0.508 e. The Kier molecular flexibility index (Phi) is 6.95. The van der Waals surface area contributed by atoms with Gasteiger partial charge < -0.3 is 15.2 Å². The van der Waals surface area contributed by atoms with E-state index in [1.165, 1.54) is 11.8 Å². The summed E-state index contributed by atoms with van der Waals surface area (Å²) in [6.07, 6.45) is 0.839. The number of carbonyl (C=O) groups is 1. The van der Waals surface area contributed by atoms with Crippen molar-refractivity contribution in [3.63, 3.8) is 0 Å². The van der Waals surface area contributed by atoms with Crippen molar-refractivity contribution < 1.29 is 14.6 Å². The fourth-order valence-electron chi connectivity index (χ4n) is 3.39. The van der Waals surface area contributed by atoms with E-state index in [1.807, 2.05) is 53.1 Å². The lowest BCUT2D eigenvalue weighted by atomic mass is 10.1. The molecule has 4 rings (SSSR count). The predicted octanol–water partition coefficient (Wildman–Crippen LogP) is 4.94. The zero-order valence-electron chi connectivity index (χ0n) is 18.4. The SMILES string of the molecule is CCc1ccccc1NC(=O)CSc1nnc(-c2ccc(O)cc2)n1-c1ccc(OC)cc1. The maximum Gasteiger partial charge on any atom is 0.234 e. The monoisotopic (exact) mass is 460 g/mol. The molecule has 0 spiro atoms. The number of nitrogens with zero attached hydrogens (tertiary/aromatic N) is 3. The van der Waals surface area contributed by atoms with Crippen LogP contribution < -0.4 is 10.1 Å². The second-order valence-corrected chi connectivity index (χ2v) is 8.18. The van der Waals surface area contributed by atoms with Crippen LogP contribution in [0, 0.1) is 0 Å². The molecule has 0 saturated carbocycles. The van der Waals surface area contributed by atoms with Crippen LogP contribution in [0.3, 0.4) is 0 Å². The summed E-state index contributed by atoms with van der Waals surface area (Å²) >= 11 is 1.31. The second kappa shape index (κ2) is 10.2. The van der Waals surface area contributed by atoms with Gasteiger partial charge in [0.15, 0.2) is 11.0 Å². The molecule has 0 aliphatic heterocycles. The van der Waals surface area contributed by atoms with Gasteiger partial charge >= 0.3 is 0 Å². The van der Waals surface area contributed by atoms with Crippen molar-refractivity contribution in [1.82, 2.24) is 14.8 Å². The lowest BCUT2D eigenvalue weighted by Gasteiger charge is -2.12. The maximum atomic E-state index is 12.7. The quantitative estimate of drug-likeness (QED) is 0.362. The summed E-state index contributed by atoms with van der Waals surface area (Å²) in [5.41, 5.74) is 3.55. The average molecular weight is 461 g/mol. The van der Waals surface area contributed by atoms with Gasteiger partial charge in [0.05, 0.1) is 12.9 Å². The zero-order chi connectivity index (χ0) is 23.2. The number of carbonyl (C=O) groups excluding carboxylic acids is 1. The van der Waals surface area contributed by atoms with Gasteiger partial charge in [0.1, 0.15) is 11.5 Å². The summed E-state index contributed by atoms with van der Waals surface area (Å²) in [4.78, 5) is 12.7. The summed E-state index contributed by atoms with van der Waals surface area (Å²) < 4.78 is 7.17. The van der Waals surface area contributed by atoms with Crippen LogP contribution in [-0.4, -0.2) is 38.6 Å². The average Bonchev–Trinajstić information content (AvgIpc) is 3.27. The number of rotatable bonds is 8. The van der Waals surface area contributed by atoms with Crippen molar-refractivity contribution in [3.05, 3.63) is 78.4 Å². The summed E-state index contributed by atoms with van der Waals surface area (Å²) in [7, 11) is 1.62. The molecule has 1 amide bonds. The summed E-state index contributed by atoms with van der Waals surface area (Å²) in [5, 5.41) is 21.9. The highest BCUT2D eigenvalue weighted by Gasteiger charge is 2.18. The van der Waals surface area contributed by atoms with Crippen LogP contribution in [0.1, 0.15) is 12.5 Å². The van der Waals surface area contributed by atoms with Crippen LogP contribution in [0.5, 0.6) is 11.5 Å². The number of thioether (sulfide) groups is 1. The number of aromatic nitrogens is 3. The van der Waals surface area contributed by atoms with E-state index in [-0.39, 0.29) is 17.4 Å². The number of phenolic OH excluding ortho intramolecular Hbond substituents is 1. The molecule has 7 nitrogen and oxygen atoms in total. The number of phenols is 1. The minimum atomic E-state index is -0.114. The summed E-state index contributed by atoms with van der Waals surface area (Å²) in [6.45, 7) is 2.06. The Morgan fingerprint density at radius 1 is 1.03 bits per heavy atom. The Balaban J connectivity index is 1.60. The third-order valence-electron chi connectivity index (χ3n) is 5.09. The Hall–Kier alpha value is -3.78. The van der Waals surface area contributed by atoms with E-state index in [1.54, 1.807) is 31.4 Å². The Labute approximate surface area is 196 Å². The molecule has 0 bridgehead atoms. The Bertz CT molecular complexity index is 1240. The van der Waals surface area contributed by atoms with E-state index in [9.17, 15) is 9.90 Å². The molecule has 0 radical (unpaired) electrons. The van der Waals surface area contributed by atoms with Crippen molar-refractivity contribution in [2.75, 3.05) is 18.2 Å². The largest absolute Gasteiger partial charge is 0.508 e. The van der Waals surface area contributed by atoms with E-state index in [4.69, 9.17) is 4.74 Å². The molecule has 0 fully saturated rings. The molecular formula is C25H24N4O3S. The van der Waals surface area contributed by atoms with Crippen LogP contribution in [0.4, 0.5) is 5.69 Å². The number of aromatic hydroxyl groups is 1. The smallest absolute Gasteiger partial charge is 0.234 e. The third-order valence-corrected chi connectivity index (χ3v) is 6.02. The van der Waals surface area contributed by atoms with Crippen molar-refractivity contribution in [3.8, 4) is 28.6 Å². The highest BCUT2D eigenvalue weighted by atomic mass is 32.2. The fraction of sp³-hybridized carbons (Fsp3) is 0.160. The minimum absolute atomic E-state index is 0.114. The van der Waals surface area contributed by atoms with Gasteiger partial charge in [0.2, 0.25) is 5.91 Å². The molecule has 168 valence electrons. The number of methoxy groups -OCH3 is 1. The van der Waals surface area contributed by atoms with Gasteiger partial charge in [-0.05, 0) is 66.6 Å². The van der Waals surface area contributed by atoms with Gasteiger partial charge in [0.25, 0.3) is 0 Å². The number of para-hydroxylation sites is 1. The van der Waals surface area contributed by atoms with Gasteiger partial charge in [-0.15, -0.1) is 10.2 Å².